The summed E-state index contributed by atoms with van der Waals surface area (Å²) >= 11 is 0. The minimum absolute atomic E-state index is 0.236. The normalized spacial score (nSPS) is 16.7. The van der Waals surface area contributed by atoms with E-state index in [1.807, 2.05) is 42.5 Å². The van der Waals surface area contributed by atoms with Gasteiger partial charge in [-0.1, -0.05) is 30.3 Å². The maximum Gasteiger partial charge on any atom is 0.411 e. The number of anilines is 3. The van der Waals surface area contributed by atoms with Crippen LogP contribution in [0.5, 0.6) is 0 Å². The second-order valence-electron chi connectivity index (χ2n) is 6.81. The van der Waals surface area contributed by atoms with Crippen LogP contribution in [0.25, 0.3) is 0 Å². The van der Waals surface area contributed by atoms with Gasteiger partial charge >= 0.3 is 6.09 Å². The first-order valence-corrected chi connectivity index (χ1v) is 8.81. The van der Waals surface area contributed by atoms with Crippen molar-refractivity contribution in [2.24, 2.45) is 0 Å². The fourth-order valence-corrected chi connectivity index (χ4v) is 3.18. The second-order valence-corrected chi connectivity index (χ2v) is 6.81. The van der Waals surface area contributed by atoms with Crippen molar-refractivity contribution >= 4 is 23.2 Å². The molecule has 26 heavy (non-hydrogen) atoms. The van der Waals surface area contributed by atoms with E-state index in [1.165, 1.54) is 0 Å². The zero-order valence-electron chi connectivity index (χ0n) is 15.3. The smallest absolute Gasteiger partial charge is 0.411 e. The van der Waals surface area contributed by atoms with Crippen molar-refractivity contribution in [2.45, 2.75) is 19.1 Å². The quantitative estimate of drug-likeness (QED) is 0.807. The van der Waals surface area contributed by atoms with Crippen LogP contribution < -0.4 is 16.0 Å². The van der Waals surface area contributed by atoms with Gasteiger partial charge in [0.2, 0.25) is 0 Å². The minimum Gasteiger partial charge on any atom is -0.444 e. The molecule has 6 nitrogen and oxygen atoms in total. The Kier molecular flexibility index (Phi) is 5.63. The van der Waals surface area contributed by atoms with Gasteiger partial charge in [-0.15, -0.1) is 0 Å². The van der Waals surface area contributed by atoms with E-state index in [-0.39, 0.29) is 6.61 Å². The number of nitrogens with two attached hydrogens (primary N) is 1. The molecule has 1 amide bonds. The number of benzene rings is 2. The molecule has 2 aromatic rings. The first-order chi connectivity index (χ1) is 12.5. The third-order valence-electron chi connectivity index (χ3n) is 4.72. The number of ether oxygens (including phenoxy) is 1. The molecular weight excluding hydrogens is 328 g/mol. The Bertz CT molecular complexity index is 749. The number of rotatable bonds is 5. The number of carbonyl (C=O) groups excluding carboxylic acids is 1. The van der Waals surface area contributed by atoms with Crippen molar-refractivity contribution in [3.8, 4) is 0 Å². The van der Waals surface area contributed by atoms with Crippen LogP contribution in [-0.2, 0) is 11.3 Å². The molecule has 3 N–H and O–H groups in total. The zero-order chi connectivity index (χ0) is 18.5. The number of amides is 1. The first kappa shape index (κ1) is 18.1. The average molecular weight is 354 g/mol. The van der Waals surface area contributed by atoms with Gasteiger partial charge in [-0.25, -0.2) is 4.79 Å². The van der Waals surface area contributed by atoms with Crippen molar-refractivity contribution in [3.63, 3.8) is 0 Å². The Balaban J connectivity index is 1.56. The third-order valence-corrected chi connectivity index (χ3v) is 4.72. The molecule has 1 fully saturated rings. The number of hydrogen-bond donors (Lipinski definition) is 2. The Morgan fingerprint density at radius 1 is 1.27 bits per heavy atom. The van der Waals surface area contributed by atoms with Crippen LogP contribution in [0.4, 0.5) is 21.9 Å². The summed E-state index contributed by atoms with van der Waals surface area (Å²) in [6.07, 6.45) is 0.632. The molecule has 1 aliphatic heterocycles. The van der Waals surface area contributed by atoms with Gasteiger partial charge in [0.15, 0.2) is 0 Å². The molecular formula is C20H26N4O2. The van der Waals surface area contributed by atoms with E-state index in [2.05, 4.69) is 29.2 Å². The summed E-state index contributed by atoms with van der Waals surface area (Å²) in [7, 11) is 4.21. The Morgan fingerprint density at radius 3 is 2.69 bits per heavy atom. The topological polar surface area (TPSA) is 70.8 Å². The Labute approximate surface area is 154 Å². The van der Waals surface area contributed by atoms with E-state index in [0.29, 0.717) is 17.4 Å². The van der Waals surface area contributed by atoms with E-state index in [0.717, 1.165) is 30.8 Å². The molecule has 0 aliphatic carbocycles. The maximum atomic E-state index is 12.0. The van der Waals surface area contributed by atoms with E-state index < -0.39 is 6.09 Å². The fourth-order valence-electron chi connectivity index (χ4n) is 3.18. The predicted molar refractivity (Wildman–Crippen MR) is 105 cm³/mol. The van der Waals surface area contributed by atoms with Crippen LogP contribution >= 0.6 is 0 Å². The maximum absolute atomic E-state index is 12.0. The molecule has 0 unspecified atom stereocenters. The van der Waals surface area contributed by atoms with Crippen molar-refractivity contribution in [1.29, 1.82) is 0 Å². The monoisotopic (exact) mass is 354 g/mol. The summed E-state index contributed by atoms with van der Waals surface area (Å²) < 4.78 is 5.24. The number of hydrogen-bond acceptors (Lipinski definition) is 5. The highest BCUT2D eigenvalue weighted by atomic mass is 16.5. The standard InChI is InChI=1S/C20H26N4O2/c1-23(2)17-10-11-24(13-17)19-9-8-16(12-18(19)21)22-20(25)26-14-15-6-4-3-5-7-15/h3-9,12,17H,10-11,13-14,21H2,1-2H3,(H,22,25)/t17-/m0/s1. The highest BCUT2D eigenvalue weighted by Gasteiger charge is 2.25. The van der Waals surface area contributed by atoms with Crippen molar-refractivity contribution in [2.75, 3.05) is 43.1 Å². The molecule has 0 aromatic heterocycles. The molecule has 1 atom stereocenters. The van der Waals surface area contributed by atoms with Gasteiger partial charge in [-0.05, 0) is 44.3 Å². The molecule has 0 spiro atoms. The summed E-state index contributed by atoms with van der Waals surface area (Å²) in [6, 6.07) is 15.7. The summed E-state index contributed by atoms with van der Waals surface area (Å²) in [4.78, 5) is 16.5. The summed E-state index contributed by atoms with van der Waals surface area (Å²) in [5.41, 5.74) is 9.46. The highest BCUT2D eigenvalue weighted by Crippen LogP contribution is 2.30. The molecule has 3 rings (SSSR count). The van der Waals surface area contributed by atoms with Gasteiger partial charge in [0.1, 0.15) is 6.61 Å². The van der Waals surface area contributed by atoms with Crippen LogP contribution in [0, 0.1) is 0 Å². The van der Waals surface area contributed by atoms with Gasteiger partial charge in [0.05, 0.1) is 11.4 Å². The van der Waals surface area contributed by atoms with Gasteiger partial charge in [-0.2, -0.15) is 0 Å². The van der Waals surface area contributed by atoms with Crippen molar-refractivity contribution < 1.29 is 9.53 Å². The first-order valence-electron chi connectivity index (χ1n) is 8.81. The second kappa shape index (κ2) is 8.10. The van der Waals surface area contributed by atoms with Crippen LogP contribution in [0.15, 0.2) is 48.5 Å². The molecule has 1 aliphatic rings. The molecule has 2 aromatic carbocycles. The molecule has 1 heterocycles. The summed E-state index contributed by atoms with van der Waals surface area (Å²) in [6.45, 7) is 2.18. The van der Waals surface area contributed by atoms with Crippen molar-refractivity contribution in [3.05, 3.63) is 54.1 Å². The Hall–Kier alpha value is -2.73. The zero-order valence-corrected chi connectivity index (χ0v) is 15.3. The minimum atomic E-state index is -0.491. The van der Waals surface area contributed by atoms with Gasteiger partial charge in [-0.3, -0.25) is 5.32 Å². The highest BCUT2D eigenvalue weighted by molar-refractivity contribution is 5.87. The van der Waals surface area contributed by atoms with E-state index in [4.69, 9.17) is 10.5 Å². The lowest BCUT2D eigenvalue weighted by atomic mass is 10.2. The molecule has 0 saturated carbocycles. The van der Waals surface area contributed by atoms with Gasteiger partial charge < -0.3 is 20.3 Å². The number of nitrogens with one attached hydrogen (secondary N) is 1. The predicted octanol–water partition coefficient (Wildman–Crippen LogP) is 3.16. The lowest BCUT2D eigenvalue weighted by molar-refractivity contribution is 0.155. The number of carbonyl (C=O) groups is 1. The Morgan fingerprint density at radius 2 is 2.04 bits per heavy atom. The molecule has 138 valence electrons. The van der Waals surface area contributed by atoms with Crippen molar-refractivity contribution in [1.82, 2.24) is 4.90 Å². The van der Waals surface area contributed by atoms with Crippen LogP contribution in [-0.4, -0.2) is 44.2 Å². The third kappa shape index (κ3) is 4.46. The summed E-state index contributed by atoms with van der Waals surface area (Å²) in [5, 5.41) is 2.73. The van der Waals surface area contributed by atoms with Gasteiger partial charge in [0.25, 0.3) is 0 Å². The largest absolute Gasteiger partial charge is 0.444 e. The van der Waals surface area contributed by atoms with Crippen LogP contribution in [0.3, 0.4) is 0 Å². The summed E-state index contributed by atoms with van der Waals surface area (Å²) in [5.74, 6) is 0. The van der Waals surface area contributed by atoms with Gasteiger partial charge in [0, 0.05) is 24.8 Å². The fraction of sp³-hybridized carbons (Fsp3) is 0.350. The van der Waals surface area contributed by atoms with E-state index in [1.54, 1.807) is 6.07 Å². The SMILES string of the molecule is CN(C)[C@H]1CCN(c2ccc(NC(=O)OCc3ccccc3)cc2N)C1. The molecule has 0 radical (unpaired) electrons. The average Bonchev–Trinajstić information content (AvgIpc) is 3.11. The number of nitrogens with zero attached hydrogens (tertiary/aromatic N) is 2. The number of nitrogen functional groups attached to an aromatic ring is 1. The number of likely N-dealkylation sites (N-methyl/N-ethyl adjacent to an activating group) is 1. The van der Waals surface area contributed by atoms with Crippen LogP contribution in [0.1, 0.15) is 12.0 Å². The molecule has 6 heteroatoms. The van der Waals surface area contributed by atoms with Crippen LogP contribution in [0.2, 0.25) is 0 Å². The lowest BCUT2D eigenvalue weighted by Crippen LogP contribution is -2.31. The van der Waals surface area contributed by atoms with E-state index in [9.17, 15) is 4.79 Å². The molecule has 1 saturated heterocycles. The molecule has 0 bridgehead atoms. The van der Waals surface area contributed by atoms with E-state index >= 15 is 0 Å². The lowest BCUT2D eigenvalue weighted by Gasteiger charge is -2.23.